The summed E-state index contributed by atoms with van der Waals surface area (Å²) >= 11 is 1.46. The van der Waals surface area contributed by atoms with Gasteiger partial charge in [0.1, 0.15) is 0 Å². The minimum atomic E-state index is -0.123. The number of piperidine rings is 1. The van der Waals surface area contributed by atoms with Crippen LogP contribution in [0, 0.1) is 5.92 Å². The Hall–Kier alpha value is -2.18. The van der Waals surface area contributed by atoms with Crippen LogP contribution in [0.15, 0.2) is 47.8 Å². The molecule has 1 N–H and O–H groups in total. The van der Waals surface area contributed by atoms with E-state index in [0.717, 1.165) is 37.4 Å². The number of carbonyl (C=O) groups is 2. The first-order chi connectivity index (χ1) is 14.2. The van der Waals surface area contributed by atoms with Gasteiger partial charge in [0.2, 0.25) is 5.91 Å². The molecule has 4 rings (SSSR count). The van der Waals surface area contributed by atoms with E-state index < -0.39 is 0 Å². The minimum absolute atomic E-state index is 0.0525. The third kappa shape index (κ3) is 4.87. The highest BCUT2D eigenvalue weighted by Gasteiger charge is 2.30. The molecule has 1 aromatic heterocycles. The molecule has 2 aromatic rings. The minimum Gasteiger partial charge on any atom is -0.354 e. The van der Waals surface area contributed by atoms with Gasteiger partial charge in [0.25, 0.3) is 5.91 Å². The standard InChI is InChI=1S/C23H29N3O2S/c27-22(19-10-6-14-26(17-19)23(28)21-11-7-15-29-21)24-16-20(25-12-4-5-13-25)18-8-2-1-3-9-18/h1-3,7-9,11,15,19-20H,4-6,10,12-14,16-17H2,(H,24,27)/t19-,20+/m0/s1. The highest BCUT2D eigenvalue weighted by atomic mass is 32.1. The summed E-state index contributed by atoms with van der Waals surface area (Å²) in [6.07, 6.45) is 4.17. The highest BCUT2D eigenvalue weighted by Crippen LogP contribution is 2.25. The third-order valence-corrected chi connectivity index (χ3v) is 6.90. The predicted molar refractivity (Wildman–Crippen MR) is 116 cm³/mol. The Bertz CT molecular complexity index is 803. The summed E-state index contributed by atoms with van der Waals surface area (Å²) in [6, 6.07) is 14.4. The van der Waals surface area contributed by atoms with Crippen molar-refractivity contribution >= 4 is 23.2 Å². The van der Waals surface area contributed by atoms with Gasteiger partial charge in [0, 0.05) is 19.6 Å². The fourth-order valence-electron chi connectivity index (χ4n) is 4.46. The zero-order chi connectivity index (χ0) is 20.1. The van der Waals surface area contributed by atoms with Crippen LogP contribution < -0.4 is 5.32 Å². The van der Waals surface area contributed by atoms with Crippen molar-refractivity contribution in [3.8, 4) is 0 Å². The van der Waals surface area contributed by atoms with Gasteiger partial charge in [-0.05, 0) is 55.8 Å². The number of hydrogen-bond donors (Lipinski definition) is 1. The summed E-state index contributed by atoms with van der Waals surface area (Å²) in [5.41, 5.74) is 1.26. The molecule has 0 aliphatic carbocycles. The second kappa shape index (κ2) is 9.55. The van der Waals surface area contributed by atoms with Crippen molar-refractivity contribution < 1.29 is 9.59 Å². The van der Waals surface area contributed by atoms with Crippen molar-refractivity contribution in [3.63, 3.8) is 0 Å². The zero-order valence-corrected chi connectivity index (χ0v) is 17.6. The number of carbonyl (C=O) groups excluding carboxylic acids is 2. The molecule has 154 valence electrons. The number of likely N-dealkylation sites (tertiary alicyclic amines) is 2. The number of amides is 2. The molecule has 0 spiro atoms. The van der Waals surface area contributed by atoms with E-state index >= 15 is 0 Å². The Balaban J connectivity index is 1.36. The molecule has 5 nitrogen and oxygen atoms in total. The molecule has 2 fully saturated rings. The van der Waals surface area contributed by atoms with Crippen LogP contribution in [0.25, 0.3) is 0 Å². The molecule has 29 heavy (non-hydrogen) atoms. The van der Waals surface area contributed by atoms with Crippen LogP contribution in [-0.2, 0) is 4.79 Å². The molecule has 3 heterocycles. The molecule has 0 unspecified atom stereocenters. The number of nitrogens with zero attached hydrogens (tertiary/aromatic N) is 2. The van der Waals surface area contributed by atoms with E-state index in [9.17, 15) is 9.59 Å². The lowest BCUT2D eigenvalue weighted by Gasteiger charge is -2.33. The van der Waals surface area contributed by atoms with Crippen molar-refractivity contribution in [1.29, 1.82) is 0 Å². The maximum absolute atomic E-state index is 12.9. The summed E-state index contributed by atoms with van der Waals surface area (Å²) < 4.78 is 0. The number of hydrogen-bond acceptors (Lipinski definition) is 4. The highest BCUT2D eigenvalue weighted by molar-refractivity contribution is 7.12. The SMILES string of the molecule is O=C(NC[C@H](c1ccccc1)N1CCCC1)[C@H]1CCCN(C(=O)c2cccs2)C1. The molecule has 2 amide bonds. The molecule has 1 aromatic carbocycles. The normalized spacial score (nSPS) is 21.1. The molecule has 0 radical (unpaired) electrons. The Morgan fingerprint density at radius 1 is 1.03 bits per heavy atom. The first-order valence-electron chi connectivity index (χ1n) is 10.6. The molecule has 0 saturated carbocycles. The second-order valence-electron chi connectivity index (χ2n) is 7.98. The third-order valence-electron chi connectivity index (χ3n) is 6.05. The fraction of sp³-hybridized carbons (Fsp3) is 0.478. The van der Waals surface area contributed by atoms with Crippen molar-refractivity contribution in [2.75, 3.05) is 32.7 Å². The van der Waals surface area contributed by atoms with Gasteiger partial charge in [-0.3, -0.25) is 14.5 Å². The van der Waals surface area contributed by atoms with Crippen LogP contribution in [-0.4, -0.2) is 54.3 Å². The van der Waals surface area contributed by atoms with Gasteiger partial charge >= 0.3 is 0 Å². The lowest BCUT2D eigenvalue weighted by molar-refractivity contribution is -0.126. The smallest absolute Gasteiger partial charge is 0.263 e. The van der Waals surface area contributed by atoms with Crippen molar-refractivity contribution in [2.45, 2.75) is 31.7 Å². The molecule has 2 atom stereocenters. The van der Waals surface area contributed by atoms with Gasteiger partial charge < -0.3 is 10.2 Å². The summed E-state index contributed by atoms with van der Waals surface area (Å²) in [5, 5.41) is 5.13. The Morgan fingerprint density at radius 3 is 2.55 bits per heavy atom. The molecular weight excluding hydrogens is 382 g/mol. The van der Waals surface area contributed by atoms with Gasteiger partial charge in [-0.25, -0.2) is 0 Å². The van der Waals surface area contributed by atoms with Gasteiger partial charge in [-0.2, -0.15) is 0 Å². The van der Waals surface area contributed by atoms with Crippen molar-refractivity contribution in [3.05, 3.63) is 58.3 Å². The summed E-state index contributed by atoms with van der Waals surface area (Å²) in [6.45, 7) is 4.05. The summed E-state index contributed by atoms with van der Waals surface area (Å²) in [5.74, 6) is 0.00759. The fourth-order valence-corrected chi connectivity index (χ4v) is 5.15. The number of thiophene rings is 1. The van der Waals surface area contributed by atoms with Crippen molar-refractivity contribution in [1.82, 2.24) is 15.1 Å². The van der Waals surface area contributed by atoms with Gasteiger partial charge in [0.15, 0.2) is 0 Å². The largest absolute Gasteiger partial charge is 0.354 e. The number of benzene rings is 1. The topological polar surface area (TPSA) is 52.7 Å². The molecule has 6 heteroatoms. The van der Waals surface area contributed by atoms with E-state index in [2.05, 4.69) is 34.5 Å². The number of rotatable bonds is 6. The summed E-state index contributed by atoms with van der Waals surface area (Å²) in [7, 11) is 0. The molecule has 2 aliphatic rings. The van der Waals surface area contributed by atoms with Crippen molar-refractivity contribution in [2.24, 2.45) is 5.92 Å². The van der Waals surface area contributed by atoms with Gasteiger partial charge in [0.05, 0.1) is 16.8 Å². The Kier molecular flexibility index (Phi) is 6.62. The lowest BCUT2D eigenvalue weighted by Crippen LogP contribution is -2.46. The van der Waals surface area contributed by atoms with Crippen LogP contribution in [0.3, 0.4) is 0 Å². The Labute approximate surface area is 176 Å². The van der Waals surface area contributed by atoms with Crippen LogP contribution in [0.2, 0.25) is 0 Å². The molecule has 2 saturated heterocycles. The van der Waals surface area contributed by atoms with Crippen LogP contribution >= 0.6 is 11.3 Å². The average molecular weight is 412 g/mol. The van der Waals surface area contributed by atoms with E-state index in [4.69, 9.17) is 0 Å². The first-order valence-corrected chi connectivity index (χ1v) is 11.5. The second-order valence-corrected chi connectivity index (χ2v) is 8.93. The lowest BCUT2D eigenvalue weighted by atomic mass is 9.96. The molecular formula is C23H29N3O2S. The van der Waals surface area contributed by atoms with Gasteiger partial charge in [-0.1, -0.05) is 36.4 Å². The Morgan fingerprint density at radius 2 is 1.83 bits per heavy atom. The monoisotopic (exact) mass is 411 g/mol. The predicted octanol–water partition coefficient (Wildman–Crippen LogP) is 3.55. The molecule has 0 bridgehead atoms. The quantitative estimate of drug-likeness (QED) is 0.791. The van der Waals surface area contributed by atoms with Crippen LogP contribution in [0.5, 0.6) is 0 Å². The first kappa shape index (κ1) is 20.1. The maximum Gasteiger partial charge on any atom is 0.263 e. The van der Waals surface area contributed by atoms with E-state index in [0.29, 0.717) is 13.1 Å². The number of nitrogens with one attached hydrogen (secondary N) is 1. The molecule has 2 aliphatic heterocycles. The van der Waals surface area contributed by atoms with Crippen LogP contribution in [0.1, 0.15) is 47.0 Å². The van der Waals surface area contributed by atoms with E-state index in [1.165, 1.54) is 29.7 Å². The zero-order valence-electron chi connectivity index (χ0n) is 16.8. The summed E-state index contributed by atoms with van der Waals surface area (Å²) in [4.78, 5) is 30.7. The van der Waals surface area contributed by atoms with E-state index in [1.54, 1.807) is 0 Å². The average Bonchev–Trinajstić information content (AvgIpc) is 3.49. The van der Waals surface area contributed by atoms with E-state index in [-0.39, 0.29) is 23.8 Å². The van der Waals surface area contributed by atoms with Gasteiger partial charge in [-0.15, -0.1) is 11.3 Å². The van der Waals surface area contributed by atoms with Crippen LogP contribution in [0.4, 0.5) is 0 Å². The van der Waals surface area contributed by atoms with E-state index in [1.807, 2.05) is 28.5 Å². The maximum atomic E-state index is 12.9.